The quantitative estimate of drug-likeness (QED) is 0.719. The largest absolute Gasteiger partial charge is 0.454 e. The van der Waals surface area contributed by atoms with Gasteiger partial charge in [-0.05, 0) is 31.4 Å². The second kappa shape index (κ2) is 7.53. The van der Waals surface area contributed by atoms with E-state index >= 15 is 0 Å². The molecule has 136 valence electrons. The maximum absolute atomic E-state index is 12.7. The normalized spacial score (nSPS) is 24.8. The maximum atomic E-state index is 12.7. The van der Waals surface area contributed by atoms with Gasteiger partial charge in [0.1, 0.15) is 0 Å². The molecule has 0 N–H and O–H groups in total. The van der Waals surface area contributed by atoms with E-state index in [0.29, 0.717) is 25.1 Å². The zero-order valence-corrected chi connectivity index (χ0v) is 14.6. The highest BCUT2D eigenvalue weighted by Crippen LogP contribution is 2.24. The van der Waals surface area contributed by atoms with Crippen LogP contribution < -0.4 is 4.90 Å². The number of anilines is 1. The molecule has 2 atom stereocenters. The molecule has 1 aromatic rings. The fourth-order valence-electron chi connectivity index (χ4n) is 3.18. The summed E-state index contributed by atoms with van der Waals surface area (Å²) in [5.41, 5.74) is 0.600. The summed E-state index contributed by atoms with van der Waals surface area (Å²) in [4.78, 5) is 26.0. The molecule has 0 radical (unpaired) electrons. The van der Waals surface area contributed by atoms with Crippen LogP contribution in [0.1, 0.15) is 19.3 Å². The zero-order valence-electron chi connectivity index (χ0n) is 13.8. The van der Waals surface area contributed by atoms with Crippen molar-refractivity contribution in [2.45, 2.75) is 31.4 Å². The Balaban J connectivity index is 1.70. The molecule has 2 saturated heterocycles. The zero-order chi connectivity index (χ0) is 17.9. The summed E-state index contributed by atoms with van der Waals surface area (Å²) < 4.78 is 33.9. The van der Waals surface area contributed by atoms with Crippen molar-refractivity contribution in [2.24, 2.45) is 0 Å². The molecule has 0 aliphatic carbocycles. The third-order valence-electron chi connectivity index (χ3n) is 4.41. The van der Waals surface area contributed by atoms with Gasteiger partial charge < -0.3 is 14.4 Å². The number of amides is 1. The predicted octanol–water partition coefficient (Wildman–Crippen LogP) is 0.929. The lowest BCUT2D eigenvalue weighted by Crippen LogP contribution is -2.44. The summed E-state index contributed by atoms with van der Waals surface area (Å²) in [7, 11) is -3.15. The number of nitrogens with zero attached hydrogens (tertiary/aromatic N) is 1. The number of ether oxygens (including phenoxy) is 2. The number of benzene rings is 1. The van der Waals surface area contributed by atoms with Crippen LogP contribution in [0, 0.1) is 0 Å². The lowest BCUT2D eigenvalue weighted by Gasteiger charge is -2.28. The molecule has 25 heavy (non-hydrogen) atoms. The molecular weight excluding hydrogens is 346 g/mol. The van der Waals surface area contributed by atoms with Crippen LogP contribution in [0.4, 0.5) is 5.69 Å². The maximum Gasteiger partial charge on any atom is 0.335 e. The highest BCUT2D eigenvalue weighted by molar-refractivity contribution is 7.91. The Kier molecular flexibility index (Phi) is 5.39. The lowest BCUT2D eigenvalue weighted by molar-refractivity contribution is -0.157. The third kappa shape index (κ3) is 4.38. The Morgan fingerprint density at radius 2 is 1.96 bits per heavy atom. The number of esters is 1. The highest BCUT2D eigenvalue weighted by atomic mass is 32.2. The number of hydrogen-bond acceptors (Lipinski definition) is 6. The Morgan fingerprint density at radius 1 is 1.20 bits per heavy atom. The van der Waals surface area contributed by atoms with E-state index in [9.17, 15) is 18.0 Å². The van der Waals surface area contributed by atoms with Gasteiger partial charge in [0.15, 0.2) is 22.5 Å². The number of carbonyl (C=O) groups is 2. The van der Waals surface area contributed by atoms with Gasteiger partial charge in [0, 0.05) is 12.3 Å². The molecule has 1 amide bonds. The minimum absolute atomic E-state index is 0.0595. The van der Waals surface area contributed by atoms with Crippen molar-refractivity contribution in [3.63, 3.8) is 0 Å². The van der Waals surface area contributed by atoms with Crippen LogP contribution in [0.3, 0.4) is 0 Å². The van der Waals surface area contributed by atoms with Crippen LogP contribution in [0.15, 0.2) is 30.3 Å². The summed E-state index contributed by atoms with van der Waals surface area (Å²) in [5.74, 6) is -0.991. The molecule has 3 rings (SSSR count). The highest BCUT2D eigenvalue weighted by Gasteiger charge is 2.36. The molecule has 0 aromatic heterocycles. The van der Waals surface area contributed by atoms with Crippen molar-refractivity contribution < 1.29 is 27.5 Å². The Bertz CT molecular complexity index is 727. The van der Waals surface area contributed by atoms with Crippen molar-refractivity contribution in [2.75, 3.05) is 29.6 Å². The Labute approximate surface area is 146 Å². The molecule has 2 aliphatic heterocycles. The standard InChI is InChI=1S/C17H21NO6S/c19-16(11-24-17(20)15-7-4-9-23-15)18(13-5-2-1-3-6-13)14-8-10-25(21,22)12-14/h1-3,5-6,14-15H,4,7-12H2/t14-,15-/m1/s1. The second-order valence-electron chi connectivity index (χ2n) is 6.27. The summed E-state index contributed by atoms with van der Waals surface area (Å²) in [6.45, 7) is 0.0912. The number of rotatable bonds is 5. The average molecular weight is 367 g/mol. The van der Waals surface area contributed by atoms with Gasteiger partial charge in [-0.25, -0.2) is 13.2 Å². The third-order valence-corrected chi connectivity index (χ3v) is 6.16. The molecule has 2 fully saturated rings. The van der Waals surface area contributed by atoms with E-state index in [2.05, 4.69) is 0 Å². The van der Waals surface area contributed by atoms with Gasteiger partial charge >= 0.3 is 5.97 Å². The fourth-order valence-corrected chi connectivity index (χ4v) is 4.88. The first-order valence-electron chi connectivity index (χ1n) is 8.32. The molecule has 0 saturated carbocycles. The summed E-state index contributed by atoms with van der Waals surface area (Å²) in [6, 6.07) is 8.40. The Hall–Kier alpha value is -1.93. The van der Waals surface area contributed by atoms with Crippen molar-refractivity contribution in [3.8, 4) is 0 Å². The summed E-state index contributed by atoms with van der Waals surface area (Å²) >= 11 is 0. The molecule has 7 nitrogen and oxygen atoms in total. The first-order valence-corrected chi connectivity index (χ1v) is 10.1. The molecule has 2 heterocycles. The minimum atomic E-state index is -3.15. The van der Waals surface area contributed by atoms with E-state index in [-0.39, 0.29) is 11.5 Å². The van der Waals surface area contributed by atoms with Crippen molar-refractivity contribution in [1.82, 2.24) is 0 Å². The lowest BCUT2D eigenvalue weighted by atomic mass is 10.2. The van der Waals surface area contributed by atoms with Crippen LogP contribution in [-0.2, 0) is 28.9 Å². The van der Waals surface area contributed by atoms with Gasteiger partial charge in [0.25, 0.3) is 5.91 Å². The van der Waals surface area contributed by atoms with Gasteiger partial charge in [-0.2, -0.15) is 0 Å². The van der Waals surface area contributed by atoms with E-state index in [1.807, 2.05) is 6.07 Å². The van der Waals surface area contributed by atoms with Gasteiger partial charge in [-0.3, -0.25) is 4.79 Å². The molecule has 2 aliphatic rings. The van der Waals surface area contributed by atoms with Crippen LogP contribution in [0.5, 0.6) is 0 Å². The van der Waals surface area contributed by atoms with E-state index in [0.717, 1.165) is 6.42 Å². The van der Waals surface area contributed by atoms with Crippen molar-refractivity contribution >= 4 is 27.4 Å². The molecule has 8 heteroatoms. The monoisotopic (exact) mass is 367 g/mol. The molecule has 1 aromatic carbocycles. The number of para-hydroxylation sites is 1. The second-order valence-corrected chi connectivity index (χ2v) is 8.49. The molecule has 0 bridgehead atoms. The van der Waals surface area contributed by atoms with Crippen LogP contribution >= 0.6 is 0 Å². The minimum Gasteiger partial charge on any atom is -0.454 e. The average Bonchev–Trinajstić information content (AvgIpc) is 3.24. The van der Waals surface area contributed by atoms with E-state index in [1.54, 1.807) is 24.3 Å². The van der Waals surface area contributed by atoms with Crippen molar-refractivity contribution in [1.29, 1.82) is 0 Å². The van der Waals surface area contributed by atoms with Crippen molar-refractivity contribution in [3.05, 3.63) is 30.3 Å². The smallest absolute Gasteiger partial charge is 0.335 e. The molecule has 0 unspecified atom stereocenters. The van der Waals surface area contributed by atoms with Gasteiger partial charge in [0.05, 0.1) is 17.5 Å². The summed E-state index contributed by atoms with van der Waals surface area (Å²) in [6.07, 6.45) is 1.16. The van der Waals surface area contributed by atoms with Gasteiger partial charge in [-0.15, -0.1) is 0 Å². The van der Waals surface area contributed by atoms with E-state index < -0.39 is 40.5 Å². The van der Waals surface area contributed by atoms with E-state index in [1.165, 1.54) is 4.90 Å². The van der Waals surface area contributed by atoms with Gasteiger partial charge in [-0.1, -0.05) is 18.2 Å². The predicted molar refractivity (Wildman–Crippen MR) is 90.9 cm³/mol. The topological polar surface area (TPSA) is 90.0 Å². The van der Waals surface area contributed by atoms with Crippen LogP contribution in [0.2, 0.25) is 0 Å². The first-order chi connectivity index (χ1) is 12.0. The number of hydrogen-bond donors (Lipinski definition) is 0. The van der Waals surface area contributed by atoms with Crippen LogP contribution in [-0.4, -0.2) is 57.2 Å². The van der Waals surface area contributed by atoms with Crippen LogP contribution in [0.25, 0.3) is 0 Å². The number of carbonyl (C=O) groups excluding carboxylic acids is 2. The first kappa shape index (κ1) is 17.9. The number of sulfone groups is 1. The summed E-state index contributed by atoms with van der Waals surface area (Å²) in [5, 5.41) is 0. The van der Waals surface area contributed by atoms with E-state index in [4.69, 9.17) is 9.47 Å². The molecular formula is C17H21NO6S. The SMILES string of the molecule is O=C(OCC(=O)N(c1ccccc1)[C@@H]1CCS(=O)(=O)C1)[C@H]1CCCO1. The van der Waals surface area contributed by atoms with Gasteiger partial charge in [0.2, 0.25) is 0 Å². The fraction of sp³-hybridized carbons (Fsp3) is 0.529. The molecule has 0 spiro atoms. The Morgan fingerprint density at radius 3 is 2.56 bits per heavy atom.